The van der Waals surface area contributed by atoms with Crippen LogP contribution in [-0.4, -0.2) is 20.9 Å². The monoisotopic (exact) mass is 262 g/mol. The van der Waals surface area contributed by atoms with Crippen LogP contribution in [0.3, 0.4) is 0 Å². The van der Waals surface area contributed by atoms with E-state index in [9.17, 15) is 17.2 Å². The molecule has 17 heavy (non-hydrogen) atoms. The van der Waals surface area contributed by atoms with E-state index < -0.39 is 27.3 Å². The number of nitrogens with zero attached hydrogens (tertiary/aromatic N) is 1. The lowest BCUT2D eigenvalue weighted by molar-refractivity contribution is 0.586. The first-order valence-corrected chi connectivity index (χ1v) is 6.51. The highest BCUT2D eigenvalue weighted by molar-refractivity contribution is 7.92. The van der Waals surface area contributed by atoms with Gasteiger partial charge in [0.15, 0.2) is 11.6 Å². The van der Waals surface area contributed by atoms with Crippen molar-refractivity contribution in [2.24, 2.45) is 4.99 Å². The van der Waals surface area contributed by atoms with E-state index in [-0.39, 0.29) is 11.4 Å². The van der Waals surface area contributed by atoms with Gasteiger partial charge in [-0.15, -0.1) is 0 Å². The Kier molecular flexibility index (Phi) is 4.17. The van der Waals surface area contributed by atoms with Gasteiger partial charge in [-0.3, -0.25) is 9.71 Å². The van der Waals surface area contributed by atoms with Gasteiger partial charge in [0, 0.05) is 0 Å². The molecule has 1 aromatic rings. The quantitative estimate of drug-likeness (QED) is 0.828. The van der Waals surface area contributed by atoms with Crippen molar-refractivity contribution in [2.75, 3.05) is 10.5 Å². The molecule has 0 aromatic heterocycles. The molecule has 0 unspecified atom stereocenters. The lowest BCUT2D eigenvalue weighted by Gasteiger charge is -2.09. The predicted molar refractivity (Wildman–Crippen MR) is 63.3 cm³/mol. The highest BCUT2D eigenvalue weighted by Crippen LogP contribution is 2.28. The van der Waals surface area contributed by atoms with Gasteiger partial charge in [0.1, 0.15) is 5.69 Å². The Hall–Kier alpha value is -1.50. The summed E-state index contributed by atoms with van der Waals surface area (Å²) in [6, 6.07) is 1.93. The summed E-state index contributed by atoms with van der Waals surface area (Å²) in [4.78, 5) is 3.17. The average Bonchev–Trinajstić information content (AvgIpc) is 2.23. The normalized spacial score (nSPS) is 11.2. The van der Waals surface area contributed by atoms with Gasteiger partial charge < -0.3 is 0 Å². The standard InChI is InChI=1S/C10H12F2N2O2S/c1-3-6-17(15,16)14-8-5-4-7(11)10(13-2)9(8)12/h4-5,14H,2-3,6H2,1H3. The minimum Gasteiger partial charge on any atom is -0.280 e. The number of hydrogen-bond donors (Lipinski definition) is 1. The number of nitrogens with one attached hydrogen (secondary N) is 1. The first-order chi connectivity index (χ1) is 7.91. The fourth-order valence-electron chi connectivity index (χ4n) is 1.25. The first-order valence-electron chi connectivity index (χ1n) is 4.86. The Morgan fingerprint density at radius 3 is 2.59 bits per heavy atom. The van der Waals surface area contributed by atoms with Crippen LogP contribution in [0.1, 0.15) is 13.3 Å². The molecule has 94 valence electrons. The van der Waals surface area contributed by atoms with Crippen molar-refractivity contribution >= 4 is 28.1 Å². The van der Waals surface area contributed by atoms with Crippen LogP contribution in [0.5, 0.6) is 0 Å². The molecule has 0 bridgehead atoms. The summed E-state index contributed by atoms with van der Waals surface area (Å²) in [6.45, 7) is 4.70. The number of halogens is 2. The van der Waals surface area contributed by atoms with E-state index in [1.807, 2.05) is 4.72 Å². The lowest BCUT2D eigenvalue weighted by atomic mass is 10.2. The fourth-order valence-corrected chi connectivity index (χ4v) is 2.38. The van der Waals surface area contributed by atoms with Crippen LogP contribution in [0.25, 0.3) is 0 Å². The Bertz CT molecular complexity index is 529. The van der Waals surface area contributed by atoms with Gasteiger partial charge >= 0.3 is 0 Å². The summed E-state index contributed by atoms with van der Waals surface area (Å²) in [7, 11) is -3.62. The molecular weight excluding hydrogens is 250 g/mol. The summed E-state index contributed by atoms with van der Waals surface area (Å²) in [5.41, 5.74) is -0.927. The Balaban J connectivity index is 3.13. The first kappa shape index (κ1) is 13.6. The average molecular weight is 262 g/mol. The Morgan fingerprint density at radius 2 is 2.06 bits per heavy atom. The number of anilines is 1. The van der Waals surface area contributed by atoms with Crippen LogP contribution in [-0.2, 0) is 10.0 Å². The zero-order valence-electron chi connectivity index (χ0n) is 9.20. The largest absolute Gasteiger partial charge is 0.280 e. The molecule has 7 heteroatoms. The third-order valence-corrected chi connectivity index (χ3v) is 3.44. The molecule has 0 aliphatic carbocycles. The zero-order chi connectivity index (χ0) is 13.1. The van der Waals surface area contributed by atoms with Crippen LogP contribution in [0.2, 0.25) is 0 Å². The molecule has 0 aliphatic heterocycles. The minimum atomic E-state index is -3.62. The SMILES string of the molecule is C=Nc1c(F)ccc(NS(=O)(=O)CCC)c1F. The molecule has 0 saturated heterocycles. The second-order valence-electron chi connectivity index (χ2n) is 3.34. The maximum Gasteiger partial charge on any atom is 0.232 e. The van der Waals surface area contributed by atoms with Crippen molar-refractivity contribution < 1.29 is 17.2 Å². The van der Waals surface area contributed by atoms with E-state index >= 15 is 0 Å². The predicted octanol–water partition coefficient (Wildman–Crippen LogP) is 2.45. The van der Waals surface area contributed by atoms with E-state index in [2.05, 4.69) is 11.7 Å². The molecule has 0 fully saturated rings. The van der Waals surface area contributed by atoms with E-state index in [1.165, 1.54) is 0 Å². The summed E-state index contributed by atoms with van der Waals surface area (Å²) in [5, 5.41) is 0. The summed E-state index contributed by atoms with van der Waals surface area (Å²) < 4.78 is 51.5. The van der Waals surface area contributed by atoms with Gasteiger partial charge in [-0.2, -0.15) is 0 Å². The highest BCUT2D eigenvalue weighted by atomic mass is 32.2. The molecule has 1 N–H and O–H groups in total. The second kappa shape index (κ2) is 5.22. The molecule has 0 aliphatic rings. The van der Waals surface area contributed by atoms with Crippen molar-refractivity contribution in [1.29, 1.82) is 0 Å². The molecule has 0 atom stereocenters. The maximum atomic E-state index is 13.6. The molecule has 0 heterocycles. The van der Waals surface area contributed by atoms with Crippen molar-refractivity contribution in [3.63, 3.8) is 0 Å². The number of sulfonamides is 1. The minimum absolute atomic E-state index is 0.138. The van der Waals surface area contributed by atoms with Gasteiger partial charge in [-0.25, -0.2) is 17.2 Å². The molecule has 0 saturated carbocycles. The van der Waals surface area contributed by atoms with Crippen molar-refractivity contribution in [2.45, 2.75) is 13.3 Å². The van der Waals surface area contributed by atoms with Gasteiger partial charge in [0.25, 0.3) is 0 Å². The van der Waals surface area contributed by atoms with Gasteiger partial charge in [-0.1, -0.05) is 6.92 Å². The molecule has 4 nitrogen and oxygen atoms in total. The third kappa shape index (κ3) is 3.23. The summed E-state index contributed by atoms with van der Waals surface area (Å²) >= 11 is 0. The Labute approximate surface area is 98.4 Å². The molecule has 0 spiro atoms. The fraction of sp³-hybridized carbons (Fsp3) is 0.300. The topological polar surface area (TPSA) is 58.5 Å². The summed E-state index contributed by atoms with van der Waals surface area (Å²) in [5.74, 6) is -2.10. The van der Waals surface area contributed by atoms with Crippen molar-refractivity contribution in [3.05, 3.63) is 23.8 Å². The number of aliphatic imine (C=N–C) groups is 1. The van der Waals surface area contributed by atoms with Gasteiger partial charge in [-0.05, 0) is 25.3 Å². The molecule has 1 aromatic carbocycles. The second-order valence-corrected chi connectivity index (χ2v) is 5.18. The molecule has 0 amide bonds. The van der Waals surface area contributed by atoms with E-state index in [4.69, 9.17) is 0 Å². The van der Waals surface area contributed by atoms with Crippen LogP contribution in [0.15, 0.2) is 17.1 Å². The van der Waals surface area contributed by atoms with Crippen molar-refractivity contribution in [3.8, 4) is 0 Å². The van der Waals surface area contributed by atoms with Crippen LogP contribution < -0.4 is 4.72 Å². The van der Waals surface area contributed by atoms with Crippen LogP contribution in [0.4, 0.5) is 20.2 Å². The number of hydrogen-bond acceptors (Lipinski definition) is 3. The van der Waals surface area contributed by atoms with Gasteiger partial charge in [0.05, 0.1) is 11.4 Å². The van der Waals surface area contributed by atoms with Gasteiger partial charge in [0.2, 0.25) is 10.0 Å². The highest BCUT2D eigenvalue weighted by Gasteiger charge is 2.16. The third-order valence-electron chi connectivity index (χ3n) is 1.96. The van der Waals surface area contributed by atoms with Crippen molar-refractivity contribution in [1.82, 2.24) is 0 Å². The summed E-state index contributed by atoms with van der Waals surface area (Å²) in [6.07, 6.45) is 0.394. The van der Waals surface area contributed by atoms with Crippen LogP contribution >= 0.6 is 0 Å². The van der Waals surface area contributed by atoms with E-state index in [0.29, 0.717) is 6.42 Å². The van der Waals surface area contributed by atoms with Crippen LogP contribution in [0, 0.1) is 11.6 Å². The molecule has 0 radical (unpaired) electrons. The van der Waals surface area contributed by atoms with E-state index in [1.54, 1.807) is 6.92 Å². The smallest absolute Gasteiger partial charge is 0.232 e. The maximum absolute atomic E-state index is 13.6. The lowest BCUT2D eigenvalue weighted by Crippen LogP contribution is -2.17. The molecular formula is C10H12F2N2O2S. The number of rotatable bonds is 5. The number of benzene rings is 1. The molecule has 1 rings (SSSR count). The van der Waals surface area contributed by atoms with E-state index in [0.717, 1.165) is 12.1 Å². The zero-order valence-corrected chi connectivity index (χ0v) is 10.0. The Morgan fingerprint density at radius 1 is 1.41 bits per heavy atom.